The molecule has 1 aromatic heterocycles. The van der Waals surface area contributed by atoms with E-state index in [9.17, 15) is 14.4 Å². The number of amides is 1. The molecule has 0 saturated carbocycles. The number of rotatable bonds is 5. The predicted octanol–water partition coefficient (Wildman–Crippen LogP) is 0.802. The van der Waals surface area contributed by atoms with Gasteiger partial charge in [-0.3, -0.25) is 18.7 Å². The number of benzene rings is 1. The van der Waals surface area contributed by atoms with Gasteiger partial charge in [0.2, 0.25) is 5.91 Å². The molecule has 24 heavy (non-hydrogen) atoms. The molecule has 0 N–H and O–H groups in total. The number of carbonyl (C=O) groups is 1. The Hall–Kier alpha value is -3.14. The van der Waals surface area contributed by atoms with Gasteiger partial charge in [0, 0.05) is 31.5 Å². The second-order valence-corrected chi connectivity index (χ2v) is 5.41. The molecule has 1 aromatic carbocycles. The molecule has 0 aliphatic rings. The topological polar surface area (TPSA) is 88.1 Å². The van der Waals surface area contributed by atoms with Gasteiger partial charge in [-0.05, 0) is 19.1 Å². The van der Waals surface area contributed by atoms with Crippen LogP contribution in [0, 0.1) is 18.3 Å². The second-order valence-electron chi connectivity index (χ2n) is 5.41. The third-order valence-corrected chi connectivity index (χ3v) is 3.66. The highest BCUT2D eigenvalue weighted by molar-refractivity contribution is 5.93. The fourth-order valence-corrected chi connectivity index (χ4v) is 2.25. The molecule has 0 unspecified atom stereocenters. The summed E-state index contributed by atoms with van der Waals surface area (Å²) in [4.78, 5) is 37.6. The van der Waals surface area contributed by atoms with E-state index in [1.807, 2.05) is 25.1 Å². The molecule has 0 spiro atoms. The zero-order chi connectivity index (χ0) is 17.7. The maximum absolute atomic E-state index is 12.6. The van der Waals surface area contributed by atoms with Crippen molar-refractivity contribution in [3.63, 3.8) is 0 Å². The van der Waals surface area contributed by atoms with Crippen LogP contribution >= 0.6 is 0 Å². The van der Waals surface area contributed by atoms with Crippen LogP contribution in [0.3, 0.4) is 0 Å². The van der Waals surface area contributed by atoms with E-state index in [0.717, 1.165) is 10.1 Å². The van der Waals surface area contributed by atoms with Crippen molar-refractivity contribution in [1.29, 1.82) is 5.26 Å². The number of aryl methyl sites for hydroxylation is 1. The summed E-state index contributed by atoms with van der Waals surface area (Å²) in [6, 6.07) is 10.6. The Labute approximate surface area is 139 Å². The maximum Gasteiger partial charge on any atom is 0.331 e. The minimum absolute atomic E-state index is 0.182. The normalized spacial score (nSPS) is 10.2. The summed E-state index contributed by atoms with van der Waals surface area (Å²) >= 11 is 0. The molecular weight excluding hydrogens is 308 g/mol. The Kier molecular flexibility index (Phi) is 5.32. The number of anilines is 1. The largest absolute Gasteiger partial charge is 0.331 e. The third kappa shape index (κ3) is 3.79. The molecule has 0 bridgehead atoms. The summed E-state index contributed by atoms with van der Waals surface area (Å²) in [5.41, 5.74) is 0.739. The van der Waals surface area contributed by atoms with Gasteiger partial charge in [-0.2, -0.15) is 5.26 Å². The van der Waals surface area contributed by atoms with E-state index < -0.39 is 11.2 Å². The summed E-state index contributed by atoms with van der Waals surface area (Å²) in [7, 11) is 1.36. The van der Waals surface area contributed by atoms with Crippen molar-refractivity contribution >= 4 is 11.6 Å². The van der Waals surface area contributed by atoms with Crippen molar-refractivity contribution in [3.05, 3.63) is 62.9 Å². The molecule has 7 heteroatoms. The second kappa shape index (κ2) is 7.42. The van der Waals surface area contributed by atoms with Crippen molar-refractivity contribution in [2.75, 3.05) is 11.4 Å². The number of hydrogen-bond acceptors (Lipinski definition) is 4. The standard InChI is InChI=1S/C17H18N4O3/c1-13-4-6-14(7-5-13)21(10-3-9-18)16(23)12-20-11-8-15(22)19(2)17(20)24/h4-8,11H,3,10,12H2,1-2H3. The maximum atomic E-state index is 12.6. The quantitative estimate of drug-likeness (QED) is 0.813. The van der Waals surface area contributed by atoms with Gasteiger partial charge in [0.05, 0.1) is 12.5 Å². The van der Waals surface area contributed by atoms with Crippen molar-refractivity contribution in [2.45, 2.75) is 19.9 Å². The van der Waals surface area contributed by atoms with Gasteiger partial charge in [0.25, 0.3) is 5.56 Å². The number of aromatic nitrogens is 2. The Morgan fingerprint density at radius 1 is 1.21 bits per heavy atom. The average Bonchev–Trinajstić information content (AvgIpc) is 2.57. The molecule has 1 amide bonds. The zero-order valence-corrected chi connectivity index (χ0v) is 13.6. The lowest BCUT2D eigenvalue weighted by molar-refractivity contribution is -0.119. The third-order valence-electron chi connectivity index (χ3n) is 3.66. The Balaban J connectivity index is 2.30. The van der Waals surface area contributed by atoms with Crippen LogP contribution in [0.5, 0.6) is 0 Å². The molecule has 2 aromatic rings. The van der Waals surface area contributed by atoms with Gasteiger partial charge in [0.1, 0.15) is 6.54 Å². The van der Waals surface area contributed by atoms with Gasteiger partial charge < -0.3 is 4.90 Å². The Bertz CT molecular complexity index is 888. The fourth-order valence-electron chi connectivity index (χ4n) is 2.25. The monoisotopic (exact) mass is 326 g/mol. The molecule has 0 aliphatic heterocycles. The average molecular weight is 326 g/mol. The molecule has 0 saturated heterocycles. The number of nitriles is 1. The highest BCUT2D eigenvalue weighted by Crippen LogP contribution is 2.16. The summed E-state index contributed by atoms with van der Waals surface area (Å²) in [5.74, 6) is -0.324. The highest BCUT2D eigenvalue weighted by Gasteiger charge is 2.17. The SMILES string of the molecule is Cc1ccc(N(CCC#N)C(=O)Cn2ccc(=O)n(C)c2=O)cc1. The van der Waals surface area contributed by atoms with Gasteiger partial charge >= 0.3 is 5.69 Å². The Morgan fingerprint density at radius 2 is 1.88 bits per heavy atom. The molecule has 1 heterocycles. The number of carbonyl (C=O) groups excluding carboxylic acids is 1. The molecule has 124 valence electrons. The van der Waals surface area contributed by atoms with Crippen LogP contribution in [0.2, 0.25) is 0 Å². The molecule has 7 nitrogen and oxygen atoms in total. The lowest BCUT2D eigenvalue weighted by atomic mass is 10.2. The van der Waals surface area contributed by atoms with Crippen molar-refractivity contribution in [2.24, 2.45) is 7.05 Å². The zero-order valence-electron chi connectivity index (χ0n) is 13.6. The summed E-state index contributed by atoms with van der Waals surface area (Å²) in [5, 5.41) is 8.81. The molecule has 0 fully saturated rings. The van der Waals surface area contributed by atoms with Crippen LogP contribution < -0.4 is 16.1 Å². The molecule has 0 aliphatic carbocycles. The summed E-state index contributed by atoms with van der Waals surface area (Å²) in [6.45, 7) is 1.97. The van der Waals surface area contributed by atoms with Gasteiger partial charge in [-0.15, -0.1) is 0 Å². The van der Waals surface area contributed by atoms with Crippen LogP contribution in [-0.2, 0) is 18.4 Å². The van der Waals surface area contributed by atoms with Crippen LogP contribution in [0.25, 0.3) is 0 Å². The lowest BCUT2D eigenvalue weighted by Crippen LogP contribution is -2.42. The summed E-state index contributed by atoms with van der Waals surface area (Å²) in [6.07, 6.45) is 1.49. The summed E-state index contributed by atoms with van der Waals surface area (Å²) < 4.78 is 2.12. The highest BCUT2D eigenvalue weighted by atomic mass is 16.2. The van der Waals surface area contributed by atoms with E-state index in [0.29, 0.717) is 5.69 Å². The first kappa shape index (κ1) is 17.2. The van der Waals surface area contributed by atoms with E-state index in [4.69, 9.17) is 5.26 Å². The van der Waals surface area contributed by atoms with Crippen LogP contribution in [-0.4, -0.2) is 21.6 Å². The predicted molar refractivity (Wildman–Crippen MR) is 89.7 cm³/mol. The first-order chi connectivity index (χ1) is 11.4. The Morgan fingerprint density at radius 3 is 2.50 bits per heavy atom. The van der Waals surface area contributed by atoms with Crippen LogP contribution in [0.15, 0.2) is 46.1 Å². The number of nitrogens with zero attached hydrogens (tertiary/aromatic N) is 4. The molecule has 0 radical (unpaired) electrons. The van der Waals surface area contributed by atoms with E-state index in [-0.39, 0.29) is 25.4 Å². The van der Waals surface area contributed by atoms with E-state index in [1.165, 1.54) is 28.8 Å². The lowest BCUT2D eigenvalue weighted by Gasteiger charge is -2.22. The van der Waals surface area contributed by atoms with E-state index >= 15 is 0 Å². The van der Waals surface area contributed by atoms with Gasteiger partial charge in [-0.1, -0.05) is 17.7 Å². The van der Waals surface area contributed by atoms with Crippen molar-refractivity contribution < 1.29 is 4.79 Å². The van der Waals surface area contributed by atoms with Crippen LogP contribution in [0.1, 0.15) is 12.0 Å². The molecular formula is C17H18N4O3. The minimum Gasteiger partial charge on any atom is -0.310 e. The fraction of sp³-hybridized carbons (Fsp3) is 0.294. The molecule has 2 rings (SSSR count). The first-order valence-corrected chi connectivity index (χ1v) is 7.44. The van der Waals surface area contributed by atoms with Crippen molar-refractivity contribution in [1.82, 2.24) is 9.13 Å². The van der Waals surface area contributed by atoms with Gasteiger partial charge in [-0.25, -0.2) is 4.79 Å². The molecule has 0 atom stereocenters. The minimum atomic E-state index is -0.556. The smallest absolute Gasteiger partial charge is 0.310 e. The number of hydrogen-bond donors (Lipinski definition) is 0. The van der Waals surface area contributed by atoms with Crippen LogP contribution in [0.4, 0.5) is 5.69 Å². The van der Waals surface area contributed by atoms with Crippen molar-refractivity contribution in [3.8, 4) is 6.07 Å². The van der Waals surface area contributed by atoms with Gasteiger partial charge in [0.15, 0.2) is 0 Å². The van der Waals surface area contributed by atoms with E-state index in [2.05, 4.69) is 0 Å². The first-order valence-electron chi connectivity index (χ1n) is 7.44. The van der Waals surface area contributed by atoms with E-state index in [1.54, 1.807) is 12.1 Å².